The molecule has 0 heterocycles. The first-order valence-corrected chi connectivity index (χ1v) is 11.1. The Balaban J connectivity index is 0.000000890. The van der Waals surface area contributed by atoms with Gasteiger partial charge in [0, 0.05) is 10.6 Å². The number of rotatable bonds is 6. The van der Waals surface area contributed by atoms with Gasteiger partial charge in [0.2, 0.25) is 0 Å². The number of hydrogen-bond acceptors (Lipinski definition) is 5. The van der Waals surface area contributed by atoms with Gasteiger partial charge in [0.25, 0.3) is 0 Å². The molecule has 0 saturated carbocycles. The van der Waals surface area contributed by atoms with E-state index in [2.05, 4.69) is 5.16 Å². The van der Waals surface area contributed by atoms with E-state index in [4.69, 9.17) is 29.6 Å². The van der Waals surface area contributed by atoms with Gasteiger partial charge in [-0.1, -0.05) is 78.3 Å². The Morgan fingerprint density at radius 3 is 2.12 bits per heavy atom. The highest BCUT2D eigenvalue weighted by Gasteiger charge is 2.34. The number of oxime groups is 1. The molecule has 3 aromatic rings. The molecule has 0 aliphatic heterocycles. The molecule has 3 rings (SSSR count). The van der Waals surface area contributed by atoms with Gasteiger partial charge >= 0.3 is 16.7 Å². The van der Waals surface area contributed by atoms with Crippen LogP contribution in [0.4, 0.5) is 13.2 Å². The van der Waals surface area contributed by atoms with Gasteiger partial charge in [0.05, 0.1) is 11.3 Å². The lowest BCUT2D eigenvalue weighted by atomic mass is 10.0. The molecular formula is C23H20ClF3N2O3S. The minimum absolute atomic E-state index is 0.0630. The molecule has 0 fully saturated rings. The molecule has 33 heavy (non-hydrogen) atoms. The molecule has 0 spiro atoms. The second-order valence-corrected chi connectivity index (χ2v) is 7.56. The SMILES string of the molecule is CC/C(=N\OCc1ccc(-c2ccccc2)cc1)c1cc(Cl)ccc1C(F)(F)F.N=S(=O)=O. The molecule has 0 aliphatic rings. The van der Waals surface area contributed by atoms with Gasteiger partial charge < -0.3 is 4.84 Å². The van der Waals surface area contributed by atoms with Crippen LogP contribution in [-0.4, -0.2) is 14.1 Å². The van der Waals surface area contributed by atoms with Gasteiger partial charge in [-0.2, -0.15) is 26.4 Å². The normalized spacial score (nSPS) is 11.4. The van der Waals surface area contributed by atoms with E-state index in [0.29, 0.717) is 0 Å². The zero-order valence-electron chi connectivity index (χ0n) is 17.4. The summed E-state index contributed by atoms with van der Waals surface area (Å²) in [5.41, 5.74) is 2.39. The molecule has 5 nitrogen and oxygen atoms in total. The Morgan fingerprint density at radius 2 is 1.58 bits per heavy atom. The van der Waals surface area contributed by atoms with E-state index >= 15 is 0 Å². The standard InChI is InChI=1S/C23H19ClF3NO.HNO2S/c1-2-22(20-14-19(24)12-13-21(20)23(25,26)27)28-29-15-16-8-10-18(11-9-16)17-6-4-3-5-7-17;1-4(2)3/h3-14H,2,15H2,1H3;1H/b28-22+;. The monoisotopic (exact) mass is 496 g/mol. The maximum atomic E-state index is 13.3. The molecule has 0 unspecified atom stereocenters. The fourth-order valence-electron chi connectivity index (χ4n) is 2.92. The van der Waals surface area contributed by atoms with E-state index in [9.17, 15) is 13.2 Å². The Bertz CT molecular complexity index is 1190. The maximum absolute atomic E-state index is 13.3. The lowest BCUT2D eigenvalue weighted by Crippen LogP contribution is -2.13. The predicted octanol–water partition coefficient (Wildman–Crippen LogP) is 6.98. The Kier molecular flexibility index (Phi) is 9.62. The molecule has 0 saturated heterocycles. The maximum Gasteiger partial charge on any atom is 0.417 e. The fraction of sp³-hybridized carbons (Fsp3) is 0.174. The molecule has 10 heteroatoms. The third kappa shape index (κ3) is 8.36. The summed E-state index contributed by atoms with van der Waals surface area (Å²) >= 11 is 5.90. The highest BCUT2D eigenvalue weighted by atomic mass is 35.5. The van der Waals surface area contributed by atoms with Crippen molar-refractivity contribution >= 4 is 27.8 Å². The summed E-state index contributed by atoms with van der Waals surface area (Å²) in [5, 5.41) is 4.18. The molecule has 0 amide bonds. The van der Waals surface area contributed by atoms with Crippen LogP contribution >= 0.6 is 11.6 Å². The summed E-state index contributed by atoms with van der Waals surface area (Å²) < 4.78 is 62.7. The van der Waals surface area contributed by atoms with Crippen LogP contribution in [0.5, 0.6) is 0 Å². The Morgan fingerprint density at radius 1 is 1.00 bits per heavy atom. The summed E-state index contributed by atoms with van der Waals surface area (Å²) in [6.45, 7) is 1.87. The van der Waals surface area contributed by atoms with Gasteiger partial charge in [0.15, 0.2) is 0 Å². The zero-order chi connectivity index (χ0) is 24.4. The van der Waals surface area contributed by atoms with Crippen molar-refractivity contribution < 1.29 is 26.4 Å². The average molecular weight is 497 g/mol. The van der Waals surface area contributed by atoms with Crippen LogP contribution < -0.4 is 0 Å². The predicted molar refractivity (Wildman–Crippen MR) is 122 cm³/mol. The van der Waals surface area contributed by atoms with Gasteiger partial charge in [-0.25, -0.2) is 0 Å². The van der Waals surface area contributed by atoms with Crippen LogP contribution in [0.3, 0.4) is 0 Å². The van der Waals surface area contributed by atoms with Crippen LogP contribution in [0, 0.1) is 4.78 Å². The third-order valence-corrected chi connectivity index (χ3v) is 4.63. The summed E-state index contributed by atoms with van der Waals surface area (Å²) in [4.78, 5) is 5.36. The highest BCUT2D eigenvalue weighted by molar-refractivity contribution is 7.60. The largest absolute Gasteiger partial charge is 0.417 e. The Labute approximate surface area is 196 Å². The van der Waals surface area contributed by atoms with Gasteiger partial charge in [0.1, 0.15) is 6.61 Å². The average Bonchev–Trinajstić information content (AvgIpc) is 2.76. The number of nitrogens with zero attached hydrogens (tertiary/aromatic N) is 1. The summed E-state index contributed by atoms with van der Waals surface area (Å²) in [5.74, 6) is 0. The van der Waals surface area contributed by atoms with Crippen LogP contribution in [-0.2, 0) is 28.1 Å². The second kappa shape index (κ2) is 12.2. The smallest absolute Gasteiger partial charge is 0.391 e. The minimum Gasteiger partial charge on any atom is -0.391 e. The lowest BCUT2D eigenvalue weighted by molar-refractivity contribution is -0.137. The first kappa shape index (κ1) is 26.1. The molecule has 0 radical (unpaired) electrons. The first-order chi connectivity index (χ1) is 15.6. The highest BCUT2D eigenvalue weighted by Crippen LogP contribution is 2.34. The van der Waals surface area contributed by atoms with Crippen molar-refractivity contribution in [3.63, 3.8) is 0 Å². The lowest BCUT2D eigenvalue weighted by Gasteiger charge is -2.14. The molecule has 0 bridgehead atoms. The third-order valence-electron chi connectivity index (χ3n) is 4.40. The van der Waals surface area contributed by atoms with E-state index in [1.165, 1.54) is 12.1 Å². The fourth-order valence-corrected chi connectivity index (χ4v) is 3.09. The molecule has 174 valence electrons. The summed E-state index contributed by atoms with van der Waals surface area (Å²) in [6.07, 6.45) is -4.22. The van der Waals surface area contributed by atoms with Crippen molar-refractivity contribution in [2.45, 2.75) is 26.1 Å². The van der Waals surface area contributed by atoms with E-state index in [1.54, 1.807) is 6.92 Å². The number of halogens is 4. The molecular weight excluding hydrogens is 477 g/mol. The van der Waals surface area contributed by atoms with Crippen molar-refractivity contribution in [3.8, 4) is 11.1 Å². The topological polar surface area (TPSA) is 79.6 Å². The van der Waals surface area contributed by atoms with Crippen LogP contribution in [0.2, 0.25) is 5.02 Å². The van der Waals surface area contributed by atoms with Gasteiger partial charge in [-0.15, -0.1) is 0 Å². The zero-order valence-corrected chi connectivity index (χ0v) is 19.0. The second-order valence-electron chi connectivity index (χ2n) is 6.65. The number of alkyl halides is 3. The van der Waals surface area contributed by atoms with Crippen molar-refractivity contribution in [2.24, 2.45) is 5.16 Å². The van der Waals surface area contributed by atoms with Crippen molar-refractivity contribution in [3.05, 3.63) is 94.5 Å². The quantitative estimate of drug-likeness (QED) is 0.295. The molecule has 3 aromatic carbocycles. The van der Waals surface area contributed by atoms with Gasteiger partial charge in [-0.3, -0.25) is 0 Å². The summed E-state index contributed by atoms with van der Waals surface area (Å²) in [7, 11) is -2.61. The number of benzene rings is 3. The van der Waals surface area contributed by atoms with E-state index in [1.807, 2.05) is 54.6 Å². The number of nitrogens with one attached hydrogen (secondary N) is 1. The first-order valence-electron chi connectivity index (χ1n) is 9.62. The molecule has 0 atom stereocenters. The molecule has 0 aromatic heterocycles. The van der Waals surface area contributed by atoms with E-state index in [-0.39, 0.29) is 29.3 Å². The molecule has 0 aliphatic carbocycles. The summed E-state index contributed by atoms with van der Waals surface area (Å²) in [6, 6.07) is 21.1. The van der Waals surface area contributed by atoms with Gasteiger partial charge in [-0.05, 0) is 41.3 Å². The Hall–Kier alpha value is -3.17. The molecule has 1 N–H and O–H groups in total. The van der Waals surface area contributed by atoms with E-state index < -0.39 is 22.2 Å². The van der Waals surface area contributed by atoms with E-state index in [0.717, 1.165) is 22.8 Å². The van der Waals surface area contributed by atoms with Crippen LogP contribution in [0.25, 0.3) is 11.1 Å². The van der Waals surface area contributed by atoms with Crippen molar-refractivity contribution in [2.75, 3.05) is 0 Å². The van der Waals surface area contributed by atoms with Crippen molar-refractivity contribution in [1.82, 2.24) is 0 Å². The number of hydrogen-bond donors (Lipinski definition) is 1. The van der Waals surface area contributed by atoms with Crippen LogP contribution in [0.15, 0.2) is 78.0 Å². The van der Waals surface area contributed by atoms with Crippen molar-refractivity contribution in [1.29, 1.82) is 4.78 Å². The minimum atomic E-state index is -4.50. The van der Waals surface area contributed by atoms with Crippen LogP contribution in [0.1, 0.15) is 30.0 Å².